The van der Waals surface area contributed by atoms with Gasteiger partial charge in [0.15, 0.2) is 0 Å². The number of piperidine rings is 1. The van der Waals surface area contributed by atoms with Crippen LogP contribution in [-0.4, -0.2) is 45.5 Å². The van der Waals surface area contributed by atoms with Gasteiger partial charge in [-0.25, -0.2) is 9.78 Å². The van der Waals surface area contributed by atoms with Gasteiger partial charge in [-0.05, 0) is 50.1 Å². The summed E-state index contributed by atoms with van der Waals surface area (Å²) in [6.07, 6.45) is 1.41. The molecule has 2 aromatic carbocycles. The van der Waals surface area contributed by atoms with Gasteiger partial charge in [-0.2, -0.15) is 0 Å². The van der Waals surface area contributed by atoms with Crippen molar-refractivity contribution in [3.63, 3.8) is 0 Å². The number of nitrogens with zero attached hydrogens (tertiary/aromatic N) is 3. The lowest BCUT2D eigenvalue weighted by Gasteiger charge is -2.32. The largest absolute Gasteiger partial charge is 0.352 e. The van der Waals surface area contributed by atoms with E-state index >= 15 is 0 Å². The van der Waals surface area contributed by atoms with Crippen molar-refractivity contribution in [3.05, 3.63) is 59.9 Å². The van der Waals surface area contributed by atoms with Crippen LogP contribution in [0, 0.1) is 6.92 Å². The summed E-state index contributed by atoms with van der Waals surface area (Å²) in [5.41, 5.74) is 8.64. The summed E-state index contributed by atoms with van der Waals surface area (Å²) < 4.78 is 2.09. The number of nitrogens with two attached hydrogens (primary N) is 1. The van der Waals surface area contributed by atoms with Crippen LogP contribution in [-0.2, 0) is 0 Å². The van der Waals surface area contributed by atoms with Crippen molar-refractivity contribution < 1.29 is 9.59 Å². The number of hydrogen-bond donors (Lipinski definition) is 2. The summed E-state index contributed by atoms with van der Waals surface area (Å²) in [6.45, 7) is 3.16. The highest BCUT2D eigenvalue weighted by Crippen LogP contribution is 2.23. The van der Waals surface area contributed by atoms with Crippen LogP contribution in [0.2, 0.25) is 0 Å². The van der Waals surface area contributed by atoms with Crippen molar-refractivity contribution in [1.29, 1.82) is 0 Å². The molecule has 0 unspecified atom stereocenters. The Balaban J connectivity index is 1.56. The number of likely N-dealkylation sites (tertiary alicyclic amines) is 1. The number of imidazole rings is 1. The maximum Gasteiger partial charge on any atom is 0.312 e. The zero-order chi connectivity index (χ0) is 19.7. The standard InChI is InChI=1S/C21H23N5O2/c1-14-23-18-13-15(7-8-19(18)26(14)17-5-3-2-4-6-17)20(27)25-11-9-16(10-12-25)24-21(22)28/h2-8,13,16H,9-12H2,1H3,(H3,22,24,28). The zero-order valence-electron chi connectivity index (χ0n) is 15.8. The lowest BCUT2D eigenvalue weighted by atomic mass is 10.0. The molecule has 7 heteroatoms. The normalized spacial score (nSPS) is 15.0. The van der Waals surface area contributed by atoms with E-state index in [1.165, 1.54) is 0 Å². The average molecular weight is 377 g/mol. The Kier molecular flexibility index (Phi) is 4.73. The minimum atomic E-state index is -0.514. The topological polar surface area (TPSA) is 93.2 Å². The maximum atomic E-state index is 12.9. The van der Waals surface area contributed by atoms with Crippen LogP contribution in [0.3, 0.4) is 0 Å². The van der Waals surface area contributed by atoms with E-state index in [1.807, 2.05) is 60.4 Å². The SMILES string of the molecule is Cc1nc2cc(C(=O)N3CCC(NC(N)=O)CC3)ccc2n1-c1ccccc1. The quantitative estimate of drug-likeness (QED) is 0.735. The molecule has 1 aromatic heterocycles. The van der Waals surface area contributed by atoms with Crippen molar-refractivity contribution >= 4 is 23.0 Å². The fourth-order valence-corrected chi connectivity index (χ4v) is 3.85. The van der Waals surface area contributed by atoms with Gasteiger partial charge in [-0.1, -0.05) is 18.2 Å². The summed E-state index contributed by atoms with van der Waals surface area (Å²) in [5, 5.41) is 2.72. The van der Waals surface area contributed by atoms with Crippen LogP contribution in [0.25, 0.3) is 16.7 Å². The van der Waals surface area contributed by atoms with Crippen LogP contribution >= 0.6 is 0 Å². The van der Waals surface area contributed by atoms with E-state index in [0.717, 1.165) is 22.5 Å². The number of para-hydroxylation sites is 1. The molecule has 3 N–H and O–H groups in total. The molecular weight excluding hydrogens is 354 g/mol. The van der Waals surface area contributed by atoms with E-state index in [2.05, 4.69) is 14.9 Å². The van der Waals surface area contributed by atoms with E-state index in [1.54, 1.807) is 0 Å². The summed E-state index contributed by atoms with van der Waals surface area (Å²) in [6, 6.07) is 15.2. The number of rotatable bonds is 3. The van der Waals surface area contributed by atoms with Crippen molar-refractivity contribution in [2.75, 3.05) is 13.1 Å². The summed E-state index contributed by atoms with van der Waals surface area (Å²) >= 11 is 0. The number of hydrogen-bond acceptors (Lipinski definition) is 3. The average Bonchev–Trinajstić information content (AvgIpc) is 3.03. The number of benzene rings is 2. The Bertz CT molecular complexity index is 1020. The van der Waals surface area contributed by atoms with Crippen molar-refractivity contribution in [2.45, 2.75) is 25.8 Å². The molecule has 3 aromatic rings. The number of carbonyl (C=O) groups is 2. The second-order valence-corrected chi connectivity index (χ2v) is 7.11. The minimum Gasteiger partial charge on any atom is -0.352 e. The fourth-order valence-electron chi connectivity index (χ4n) is 3.85. The summed E-state index contributed by atoms with van der Waals surface area (Å²) in [4.78, 5) is 30.4. The molecule has 28 heavy (non-hydrogen) atoms. The Morgan fingerprint density at radius 3 is 2.50 bits per heavy atom. The van der Waals surface area contributed by atoms with Gasteiger partial charge in [0, 0.05) is 30.4 Å². The first-order valence-corrected chi connectivity index (χ1v) is 9.42. The predicted octanol–water partition coefficient (Wildman–Crippen LogP) is 2.61. The van der Waals surface area contributed by atoms with E-state index in [-0.39, 0.29) is 11.9 Å². The van der Waals surface area contributed by atoms with Gasteiger partial charge in [0.25, 0.3) is 5.91 Å². The van der Waals surface area contributed by atoms with E-state index in [0.29, 0.717) is 31.5 Å². The Morgan fingerprint density at radius 2 is 1.82 bits per heavy atom. The number of nitrogens with one attached hydrogen (secondary N) is 1. The molecule has 0 aliphatic carbocycles. The highest BCUT2D eigenvalue weighted by atomic mass is 16.2. The van der Waals surface area contributed by atoms with E-state index in [9.17, 15) is 9.59 Å². The molecule has 0 radical (unpaired) electrons. The minimum absolute atomic E-state index is 0.00802. The van der Waals surface area contributed by atoms with Gasteiger partial charge in [0.05, 0.1) is 11.0 Å². The smallest absolute Gasteiger partial charge is 0.312 e. The molecule has 1 aliphatic rings. The van der Waals surface area contributed by atoms with Crippen LogP contribution in [0.5, 0.6) is 0 Å². The number of fused-ring (bicyclic) bond motifs is 1. The number of carbonyl (C=O) groups excluding carboxylic acids is 2. The highest BCUT2D eigenvalue weighted by Gasteiger charge is 2.24. The van der Waals surface area contributed by atoms with Crippen LogP contribution in [0.4, 0.5) is 4.79 Å². The predicted molar refractivity (Wildman–Crippen MR) is 107 cm³/mol. The second-order valence-electron chi connectivity index (χ2n) is 7.11. The first kappa shape index (κ1) is 18.0. The van der Waals surface area contributed by atoms with Crippen molar-refractivity contribution in [1.82, 2.24) is 19.8 Å². The molecule has 0 saturated carbocycles. The number of aryl methyl sites for hydroxylation is 1. The van der Waals surface area contributed by atoms with Gasteiger partial charge in [-0.15, -0.1) is 0 Å². The molecule has 1 saturated heterocycles. The van der Waals surface area contributed by atoms with E-state index < -0.39 is 6.03 Å². The molecular formula is C21H23N5O2. The first-order chi connectivity index (χ1) is 13.5. The number of urea groups is 1. The molecule has 1 aliphatic heterocycles. The van der Waals surface area contributed by atoms with Gasteiger partial charge >= 0.3 is 6.03 Å². The van der Waals surface area contributed by atoms with Crippen molar-refractivity contribution in [2.24, 2.45) is 5.73 Å². The Morgan fingerprint density at radius 1 is 1.11 bits per heavy atom. The second kappa shape index (κ2) is 7.34. The Hall–Kier alpha value is -3.35. The molecule has 3 amide bonds. The van der Waals surface area contributed by atoms with Gasteiger partial charge in [0.1, 0.15) is 5.82 Å². The lowest BCUT2D eigenvalue weighted by molar-refractivity contribution is 0.0709. The zero-order valence-corrected chi connectivity index (χ0v) is 15.8. The molecule has 144 valence electrons. The lowest BCUT2D eigenvalue weighted by Crippen LogP contribution is -2.47. The molecule has 1 fully saturated rings. The third kappa shape index (κ3) is 3.43. The third-order valence-electron chi connectivity index (χ3n) is 5.21. The number of primary amides is 1. The van der Waals surface area contributed by atoms with Crippen LogP contribution in [0.15, 0.2) is 48.5 Å². The molecule has 7 nitrogen and oxygen atoms in total. The highest BCUT2D eigenvalue weighted by molar-refractivity contribution is 5.97. The molecule has 2 heterocycles. The summed E-state index contributed by atoms with van der Waals surface area (Å²) in [5.74, 6) is 0.871. The van der Waals surface area contributed by atoms with Crippen LogP contribution < -0.4 is 11.1 Å². The third-order valence-corrected chi connectivity index (χ3v) is 5.21. The van der Waals surface area contributed by atoms with Crippen molar-refractivity contribution in [3.8, 4) is 5.69 Å². The first-order valence-electron chi connectivity index (χ1n) is 9.42. The monoisotopic (exact) mass is 377 g/mol. The fraction of sp³-hybridized carbons (Fsp3) is 0.286. The molecule has 0 spiro atoms. The van der Waals surface area contributed by atoms with Crippen LogP contribution in [0.1, 0.15) is 29.0 Å². The van der Waals surface area contributed by atoms with Gasteiger partial charge in [-0.3, -0.25) is 9.36 Å². The number of aromatic nitrogens is 2. The van der Waals surface area contributed by atoms with E-state index in [4.69, 9.17) is 5.73 Å². The van der Waals surface area contributed by atoms with Gasteiger partial charge < -0.3 is 16.0 Å². The molecule has 0 atom stereocenters. The molecule has 4 rings (SSSR count). The van der Waals surface area contributed by atoms with Gasteiger partial charge in [0.2, 0.25) is 0 Å². The summed E-state index contributed by atoms with van der Waals surface area (Å²) in [7, 11) is 0. The molecule has 0 bridgehead atoms. The Labute approximate surface area is 163 Å². The maximum absolute atomic E-state index is 12.9. The number of amides is 3.